The predicted octanol–water partition coefficient (Wildman–Crippen LogP) is 0.382. The standard InChI is InChI=1S/C9H12ClN3O2/c1-13(4-5-14)9(15)8-6(10)2-3-7(11)12-8/h2-3,14H,4-5H2,1H3,(H2,11,12). The number of carbonyl (C=O) groups excluding carboxylic acids is 1. The van der Waals surface area contributed by atoms with Crippen molar-refractivity contribution in [2.45, 2.75) is 0 Å². The second kappa shape index (κ2) is 4.95. The molecule has 0 fully saturated rings. The molecule has 0 bridgehead atoms. The summed E-state index contributed by atoms with van der Waals surface area (Å²) in [6, 6.07) is 3.04. The molecule has 0 saturated heterocycles. The minimum atomic E-state index is -0.360. The number of aromatic nitrogens is 1. The molecular weight excluding hydrogens is 218 g/mol. The van der Waals surface area contributed by atoms with Gasteiger partial charge in [-0.2, -0.15) is 0 Å². The second-order valence-corrected chi connectivity index (χ2v) is 3.42. The first-order chi connectivity index (χ1) is 7.06. The van der Waals surface area contributed by atoms with Gasteiger partial charge in [-0.3, -0.25) is 4.79 Å². The number of pyridine rings is 1. The Labute approximate surface area is 92.5 Å². The number of nitrogens with zero attached hydrogens (tertiary/aromatic N) is 2. The molecule has 0 radical (unpaired) electrons. The number of anilines is 1. The molecule has 0 atom stereocenters. The van der Waals surface area contributed by atoms with Crippen LogP contribution in [0.2, 0.25) is 5.02 Å². The van der Waals surface area contributed by atoms with Crippen LogP contribution in [0.4, 0.5) is 5.82 Å². The normalized spacial score (nSPS) is 10.1. The van der Waals surface area contributed by atoms with E-state index in [2.05, 4.69) is 4.98 Å². The number of halogens is 1. The zero-order valence-electron chi connectivity index (χ0n) is 8.27. The van der Waals surface area contributed by atoms with Crippen LogP contribution in [-0.2, 0) is 0 Å². The molecule has 0 unspecified atom stereocenters. The van der Waals surface area contributed by atoms with E-state index in [0.717, 1.165) is 0 Å². The number of hydrogen-bond donors (Lipinski definition) is 2. The van der Waals surface area contributed by atoms with E-state index in [-0.39, 0.29) is 35.6 Å². The molecule has 1 aromatic rings. The Kier molecular flexibility index (Phi) is 3.88. The summed E-state index contributed by atoms with van der Waals surface area (Å²) in [5.74, 6) is -0.124. The molecule has 0 aliphatic heterocycles. The van der Waals surface area contributed by atoms with Gasteiger partial charge in [-0.05, 0) is 12.1 Å². The van der Waals surface area contributed by atoms with E-state index in [4.69, 9.17) is 22.4 Å². The maximum absolute atomic E-state index is 11.7. The van der Waals surface area contributed by atoms with E-state index in [1.807, 2.05) is 0 Å². The largest absolute Gasteiger partial charge is 0.395 e. The highest BCUT2D eigenvalue weighted by atomic mass is 35.5. The van der Waals surface area contributed by atoms with Crippen LogP contribution in [0.1, 0.15) is 10.5 Å². The molecule has 0 spiro atoms. The van der Waals surface area contributed by atoms with Gasteiger partial charge in [0.05, 0.1) is 11.6 Å². The first-order valence-electron chi connectivity index (χ1n) is 4.34. The van der Waals surface area contributed by atoms with Gasteiger partial charge < -0.3 is 15.7 Å². The Balaban J connectivity index is 2.95. The number of likely N-dealkylation sites (N-methyl/N-ethyl adjacent to an activating group) is 1. The summed E-state index contributed by atoms with van der Waals surface area (Å²) < 4.78 is 0. The summed E-state index contributed by atoms with van der Waals surface area (Å²) in [6.07, 6.45) is 0. The molecule has 5 nitrogen and oxygen atoms in total. The van der Waals surface area contributed by atoms with Crippen LogP contribution >= 0.6 is 11.6 Å². The first-order valence-corrected chi connectivity index (χ1v) is 4.72. The van der Waals surface area contributed by atoms with Crippen molar-refractivity contribution in [3.8, 4) is 0 Å². The Bertz CT molecular complexity index is 370. The van der Waals surface area contributed by atoms with Crippen molar-refractivity contribution in [1.29, 1.82) is 0 Å². The van der Waals surface area contributed by atoms with Gasteiger partial charge in [-0.1, -0.05) is 11.6 Å². The highest BCUT2D eigenvalue weighted by molar-refractivity contribution is 6.33. The van der Waals surface area contributed by atoms with Crippen molar-refractivity contribution in [3.63, 3.8) is 0 Å². The molecule has 0 aliphatic carbocycles. The number of nitrogen functional groups attached to an aromatic ring is 1. The van der Waals surface area contributed by atoms with E-state index in [1.165, 1.54) is 17.0 Å². The van der Waals surface area contributed by atoms with Crippen LogP contribution in [0.5, 0.6) is 0 Å². The highest BCUT2D eigenvalue weighted by Crippen LogP contribution is 2.16. The SMILES string of the molecule is CN(CCO)C(=O)c1nc(N)ccc1Cl. The Morgan fingerprint density at radius 3 is 2.93 bits per heavy atom. The Hall–Kier alpha value is -1.33. The van der Waals surface area contributed by atoms with E-state index in [9.17, 15) is 4.79 Å². The van der Waals surface area contributed by atoms with Crippen molar-refractivity contribution in [2.24, 2.45) is 0 Å². The summed E-state index contributed by atoms with van der Waals surface area (Å²) in [7, 11) is 1.56. The monoisotopic (exact) mass is 229 g/mol. The smallest absolute Gasteiger partial charge is 0.273 e. The van der Waals surface area contributed by atoms with Gasteiger partial charge in [0, 0.05) is 13.6 Å². The maximum atomic E-state index is 11.7. The number of carbonyl (C=O) groups is 1. The lowest BCUT2D eigenvalue weighted by Crippen LogP contribution is -2.30. The van der Waals surface area contributed by atoms with E-state index >= 15 is 0 Å². The molecule has 1 amide bonds. The van der Waals surface area contributed by atoms with Gasteiger partial charge in [-0.25, -0.2) is 4.98 Å². The van der Waals surface area contributed by atoms with Crippen LogP contribution in [0.3, 0.4) is 0 Å². The van der Waals surface area contributed by atoms with E-state index < -0.39 is 0 Å². The molecule has 1 heterocycles. The van der Waals surface area contributed by atoms with Crippen LogP contribution < -0.4 is 5.73 Å². The quantitative estimate of drug-likeness (QED) is 0.786. The maximum Gasteiger partial charge on any atom is 0.273 e. The number of nitrogens with two attached hydrogens (primary N) is 1. The molecule has 15 heavy (non-hydrogen) atoms. The van der Waals surface area contributed by atoms with Crippen LogP contribution in [0.15, 0.2) is 12.1 Å². The average Bonchev–Trinajstić information content (AvgIpc) is 2.21. The topological polar surface area (TPSA) is 79.5 Å². The first kappa shape index (κ1) is 11.7. The summed E-state index contributed by atoms with van der Waals surface area (Å²) in [5, 5.41) is 8.93. The zero-order valence-corrected chi connectivity index (χ0v) is 9.03. The predicted molar refractivity (Wildman–Crippen MR) is 57.7 cm³/mol. The van der Waals surface area contributed by atoms with Gasteiger partial charge in [0.15, 0.2) is 0 Å². The fourth-order valence-electron chi connectivity index (χ4n) is 1.04. The minimum absolute atomic E-state index is 0.104. The fourth-order valence-corrected chi connectivity index (χ4v) is 1.23. The molecule has 82 valence electrons. The molecule has 1 aromatic heterocycles. The summed E-state index contributed by atoms with van der Waals surface area (Å²) in [4.78, 5) is 16.9. The third-order valence-electron chi connectivity index (χ3n) is 1.85. The van der Waals surface area contributed by atoms with Crippen molar-refractivity contribution in [3.05, 3.63) is 22.8 Å². The molecule has 1 rings (SSSR count). The van der Waals surface area contributed by atoms with Crippen LogP contribution in [0, 0.1) is 0 Å². The molecular formula is C9H12ClN3O2. The van der Waals surface area contributed by atoms with Crippen molar-refractivity contribution in [1.82, 2.24) is 9.88 Å². The summed E-state index contributed by atoms with van der Waals surface area (Å²) in [5.41, 5.74) is 5.55. The average molecular weight is 230 g/mol. The van der Waals surface area contributed by atoms with Crippen LogP contribution in [-0.4, -0.2) is 41.1 Å². The second-order valence-electron chi connectivity index (χ2n) is 3.02. The molecule has 0 aliphatic rings. The van der Waals surface area contributed by atoms with Crippen molar-refractivity contribution in [2.75, 3.05) is 25.9 Å². The molecule has 6 heteroatoms. The number of rotatable bonds is 3. The molecule has 3 N–H and O–H groups in total. The number of aliphatic hydroxyl groups is 1. The van der Waals surface area contributed by atoms with E-state index in [1.54, 1.807) is 7.05 Å². The lowest BCUT2D eigenvalue weighted by atomic mass is 10.3. The van der Waals surface area contributed by atoms with Gasteiger partial charge in [0.2, 0.25) is 0 Å². The van der Waals surface area contributed by atoms with Gasteiger partial charge >= 0.3 is 0 Å². The van der Waals surface area contributed by atoms with Crippen molar-refractivity contribution >= 4 is 23.3 Å². The number of amides is 1. The van der Waals surface area contributed by atoms with Gasteiger partial charge in [-0.15, -0.1) is 0 Å². The lowest BCUT2D eigenvalue weighted by molar-refractivity contribution is 0.0761. The third kappa shape index (κ3) is 2.81. The van der Waals surface area contributed by atoms with Gasteiger partial charge in [0.1, 0.15) is 11.5 Å². The lowest BCUT2D eigenvalue weighted by Gasteiger charge is -2.15. The minimum Gasteiger partial charge on any atom is -0.395 e. The van der Waals surface area contributed by atoms with E-state index in [0.29, 0.717) is 0 Å². The van der Waals surface area contributed by atoms with Crippen LogP contribution in [0.25, 0.3) is 0 Å². The van der Waals surface area contributed by atoms with Gasteiger partial charge in [0.25, 0.3) is 5.91 Å². The third-order valence-corrected chi connectivity index (χ3v) is 2.16. The summed E-state index contributed by atoms with van der Waals surface area (Å²) in [6.45, 7) is 0.119. The summed E-state index contributed by atoms with van der Waals surface area (Å²) >= 11 is 5.81. The Morgan fingerprint density at radius 1 is 1.67 bits per heavy atom. The highest BCUT2D eigenvalue weighted by Gasteiger charge is 2.16. The number of aliphatic hydroxyl groups excluding tert-OH is 1. The van der Waals surface area contributed by atoms with Crippen molar-refractivity contribution < 1.29 is 9.90 Å². The fraction of sp³-hybridized carbons (Fsp3) is 0.333. The number of hydrogen-bond acceptors (Lipinski definition) is 4. The zero-order chi connectivity index (χ0) is 11.4. The molecule has 0 aromatic carbocycles. The molecule has 0 saturated carbocycles. The Morgan fingerprint density at radius 2 is 2.33 bits per heavy atom.